The van der Waals surface area contributed by atoms with Gasteiger partial charge in [-0.25, -0.2) is 0 Å². The smallest absolute Gasteiger partial charge is 0.141 e. The monoisotopic (exact) mass is 220 g/mol. The number of hydrogen-bond donors (Lipinski definition) is 2. The lowest BCUT2D eigenvalue weighted by atomic mass is 10.1. The predicted octanol–water partition coefficient (Wildman–Crippen LogP) is 1.99. The average Bonchev–Trinajstić information content (AvgIpc) is 2.30. The van der Waals surface area contributed by atoms with Gasteiger partial charge in [-0.3, -0.25) is 10.4 Å². The van der Waals surface area contributed by atoms with E-state index in [4.69, 9.17) is 11.1 Å². The molecule has 88 valence electrons. The molecule has 0 aromatic carbocycles. The number of aromatic nitrogens is 1. The molecule has 16 heavy (non-hydrogen) atoms. The van der Waals surface area contributed by atoms with E-state index in [1.54, 1.807) is 6.20 Å². The average molecular weight is 220 g/mol. The molecule has 0 spiro atoms. The van der Waals surface area contributed by atoms with Crippen LogP contribution in [0.3, 0.4) is 0 Å². The lowest BCUT2D eigenvalue weighted by Crippen LogP contribution is -2.30. The van der Waals surface area contributed by atoms with E-state index in [1.165, 1.54) is 0 Å². The SMILES string of the molecule is CCC(CC)N(C)c1ccnc(C(=N)N)c1. The minimum atomic E-state index is 0.0137. The second-order valence-electron chi connectivity index (χ2n) is 3.89. The zero-order valence-electron chi connectivity index (χ0n) is 10.2. The first-order chi connectivity index (χ1) is 7.60. The zero-order valence-corrected chi connectivity index (χ0v) is 10.2. The largest absolute Gasteiger partial charge is 0.382 e. The van der Waals surface area contributed by atoms with Crippen molar-refractivity contribution in [1.82, 2.24) is 4.98 Å². The highest BCUT2D eigenvalue weighted by Crippen LogP contribution is 2.18. The Bertz CT molecular complexity index is 358. The van der Waals surface area contributed by atoms with E-state index >= 15 is 0 Å². The van der Waals surface area contributed by atoms with Crippen LogP contribution >= 0.6 is 0 Å². The van der Waals surface area contributed by atoms with Gasteiger partial charge < -0.3 is 10.6 Å². The number of nitrogens with zero attached hydrogens (tertiary/aromatic N) is 2. The number of pyridine rings is 1. The predicted molar refractivity (Wildman–Crippen MR) is 68.0 cm³/mol. The van der Waals surface area contributed by atoms with Gasteiger partial charge in [-0.05, 0) is 25.0 Å². The maximum absolute atomic E-state index is 7.37. The van der Waals surface area contributed by atoms with E-state index in [0.717, 1.165) is 18.5 Å². The van der Waals surface area contributed by atoms with Crippen molar-refractivity contribution in [1.29, 1.82) is 5.41 Å². The molecule has 1 aromatic heterocycles. The summed E-state index contributed by atoms with van der Waals surface area (Å²) in [4.78, 5) is 6.27. The molecule has 0 saturated carbocycles. The standard InChI is InChI=1S/C12H20N4/c1-4-9(5-2)16(3)10-6-7-15-11(8-10)12(13)14/h6-9H,4-5H2,1-3H3,(H3,13,14). The molecule has 1 aromatic rings. The van der Waals surface area contributed by atoms with Crippen molar-refractivity contribution in [2.75, 3.05) is 11.9 Å². The molecule has 0 saturated heterocycles. The van der Waals surface area contributed by atoms with E-state index < -0.39 is 0 Å². The molecule has 0 unspecified atom stereocenters. The number of anilines is 1. The highest BCUT2D eigenvalue weighted by molar-refractivity contribution is 5.93. The van der Waals surface area contributed by atoms with Crippen molar-refractivity contribution in [3.05, 3.63) is 24.0 Å². The van der Waals surface area contributed by atoms with Crippen molar-refractivity contribution in [2.24, 2.45) is 5.73 Å². The molecule has 4 heteroatoms. The van der Waals surface area contributed by atoms with Crippen LogP contribution in [0.2, 0.25) is 0 Å². The quantitative estimate of drug-likeness (QED) is 0.589. The fourth-order valence-corrected chi connectivity index (χ4v) is 1.83. The van der Waals surface area contributed by atoms with Crippen LogP contribution in [-0.2, 0) is 0 Å². The summed E-state index contributed by atoms with van der Waals surface area (Å²) in [5.41, 5.74) is 7.03. The Labute approximate surface area is 97.0 Å². The van der Waals surface area contributed by atoms with Gasteiger partial charge in [0.15, 0.2) is 0 Å². The molecule has 0 fully saturated rings. The van der Waals surface area contributed by atoms with Crippen LogP contribution in [0.1, 0.15) is 32.4 Å². The molecule has 3 N–H and O–H groups in total. The molecule has 1 heterocycles. The number of amidine groups is 1. The number of nitrogens with two attached hydrogens (primary N) is 1. The zero-order chi connectivity index (χ0) is 12.1. The molecule has 0 radical (unpaired) electrons. The van der Waals surface area contributed by atoms with E-state index in [9.17, 15) is 0 Å². The number of hydrogen-bond acceptors (Lipinski definition) is 3. The molecule has 0 aliphatic rings. The van der Waals surface area contributed by atoms with Crippen LogP contribution in [0.5, 0.6) is 0 Å². The molecule has 1 rings (SSSR count). The maximum Gasteiger partial charge on any atom is 0.141 e. The lowest BCUT2D eigenvalue weighted by molar-refractivity contribution is 0.591. The van der Waals surface area contributed by atoms with Gasteiger partial charge in [0, 0.05) is 25.0 Å². The lowest BCUT2D eigenvalue weighted by Gasteiger charge is -2.28. The molecule has 0 aliphatic carbocycles. The minimum Gasteiger partial charge on any atom is -0.382 e. The number of rotatable bonds is 5. The second-order valence-corrected chi connectivity index (χ2v) is 3.89. The van der Waals surface area contributed by atoms with Gasteiger partial charge in [-0.2, -0.15) is 0 Å². The van der Waals surface area contributed by atoms with Crippen molar-refractivity contribution in [3.8, 4) is 0 Å². The summed E-state index contributed by atoms with van der Waals surface area (Å²) in [5.74, 6) is 0.0137. The highest BCUT2D eigenvalue weighted by atomic mass is 15.1. The molecular formula is C12H20N4. The van der Waals surface area contributed by atoms with Crippen molar-refractivity contribution in [3.63, 3.8) is 0 Å². The highest BCUT2D eigenvalue weighted by Gasteiger charge is 2.12. The molecule has 4 nitrogen and oxygen atoms in total. The Morgan fingerprint density at radius 1 is 1.50 bits per heavy atom. The van der Waals surface area contributed by atoms with Gasteiger partial charge in [0.1, 0.15) is 11.5 Å². The summed E-state index contributed by atoms with van der Waals surface area (Å²) in [7, 11) is 2.07. The van der Waals surface area contributed by atoms with E-state index in [-0.39, 0.29) is 5.84 Å². The van der Waals surface area contributed by atoms with Gasteiger partial charge in [-0.1, -0.05) is 13.8 Å². The first-order valence-corrected chi connectivity index (χ1v) is 5.63. The molecule has 0 atom stereocenters. The van der Waals surface area contributed by atoms with Crippen LogP contribution in [0.4, 0.5) is 5.69 Å². The van der Waals surface area contributed by atoms with Crippen LogP contribution < -0.4 is 10.6 Å². The van der Waals surface area contributed by atoms with Crippen LogP contribution in [0.25, 0.3) is 0 Å². The summed E-state index contributed by atoms with van der Waals surface area (Å²) in [5, 5.41) is 7.37. The van der Waals surface area contributed by atoms with Gasteiger partial charge in [-0.15, -0.1) is 0 Å². The van der Waals surface area contributed by atoms with E-state index in [2.05, 4.69) is 30.8 Å². The summed E-state index contributed by atoms with van der Waals surface area (Å²) in [6, 6.07) is 4.33. The summed E-state index contributed by atoms with van der Waals surface area (Å²) < 4.78 is 0. The third-order valence-electron chi connectivity index (χ3n) is 2.92. The van der Waals surface area contributed by atoms with E-state index in [1.807, 2.05) is 12.1 Å². The summed E-state index contributed by atoms with van der Waals surface area (Å²) in [6.45, 7) is 4.36. The maximum atomic E-state index is 7.37. The Balaban J connectivity index is 2.94. The van der Waals surface area contributed by atoms with Crippen molar-refractivity contribution in [2.45, 2.75) is 32.7 Å². The van der Waals surface area contributed by atoms with Gasteiger partial charge in [0.05, 0.1) is 0 Å². The third-order valence-corrected chi connectivity index (χ3v) is 2.92. The minimum absolute atomic E-state index is 0.0137. The van der Waals surface area contributed by atoms with Crippen LogP contribution in [0.15, 0.2) is 18.3 Å². The summed E-state index contributed by atoms with van der Waals surface area (Å²) >= 11 is 0. The Morgan fingerprint density at radius 3 is 2.62 bits per heavy atom. The fourth-order valence-electron chi connectivity index (χ4n) is 1.83. The Hall–Kier alpha value is -1.58. The topological polar surface area (TPSA) is 66.0 Å². The number of nitrogen functional groups attached to an aromatic ring is 1. The third kappa shape index (κ3) is 2.72. The molecule has 0 bridgehead atoms. The van der Waals surface area contributed by atoms with Gasteiger partial charge in [0.25, 0.3) is 0 Å². The summed E-state index contributed by atoms with van der Waals surface area (Å²) in [6.07, 6.45) is 3.90. The molecule has 0 aliphatic heterocycles. The van der Waals surface area contributed by atoms with Crippen LogP contribution in [0, 0.1) is 5.41 Å². The molecular weight excluding hydrogens is 200 g/mol. The van der Waals surface area contributed by atoms with Crippen molar-refractivity contribution < 1.29 is 0 Å². The first-order valence-electron chi connectivity index (χ1n) is 5.63. The fraction of sp³-hybridized carbons (Fsp3) is 0.500. The van der Waals surface area contributed by atoms with Gasteiger partial charge in [0.2, 0.25) is 0 Å². The van der Waals surface area contributed by atoms with E-state index in [0.29, 0.717) is 11.7 Å². The Kier molecular flexibility index (Phi) is 4.28. The second kappa shape index (κ2) is 5.49. The van der Waals surface area contributed by atoms with Gasteiger partial charge >= 0.3 is 0 Å². The molecule has 0 amide bonds. The normalized spacial score (nSPS) is 10.5. The number of nitrogens with one attached hydrogen (secondary N) is 1. The van der Waals surface area contributed by atoms with Crippen molar-refractivity contribution >= 4 is 11.5 Å². The Morgan fingerprint density at radius 2 is 2.12 bits per heavy atom. The first kappa shape index (κ1) is 12.5. The van der Waals surface area contributed by atoms with Crippen LogP contribution in [-0.4, -0.2) is 23.9 Å².